The van der Waals surface area contributed by atoms with Crippen molar-refractivity contribution < 1.29 is 9.59 Å². The van der Waals surface area contributed by atoms with E-state index < -0.39 is 0 Å². The predicted octanol–water partition coefficient (Wildman–Crippen LogP) is 1.38. The molecule has 0 spiro atoms. The zero-order valence-corrected chi connectivity index (χ0v) is 14.1. The second-order valence-corrected chi connectivity index (χ2v) is 5.85. The van der Waals surface area contributed by atoms with Crippen LogP contribution in [0.25, 0.3) is 0 Å². The number of nitrogens with zero attached hydrogens (tertiary/aromatic N) is 4. The van der Waals surface area contributed by atoms with E-state index in [2.05, 4.69) is 16.8 Å². The summed E-state index contributed by atoms with van der Waals surface area (Å²) in [6.45, 7) is 7.36. The van der Waals surface area contributed by atoms with Crippen molar-refractivity contribution in [2.75, 3.05) is 44.2 Å². The maximum atomic E-state index is 12.4. The van der Waals surface area contributed by atoms with Crippen molar-refractivity contribution in [3.63, 3.8) is 0 Å². The molecule has 2 rings (SSSR count). The first-order valence-electron chi connectivity index (χ1n) is 8.31. The number of pyridine rings is 1. The topological polar surface area (TPSA) is 56.8 Å². The van der Waals surface area contributed by atoms with Crippen LogP contribution in [0.4, 0.5) is 5.82 Å². The maximum absolute atomic E-state index is 12.4. The summed E-state index contributed by atoms with van der Waals surface area (Å²) in [5.41, 5.74) is 0. The molecule has 0 atom stereocenters. The Morgan fingerprint density at radius 1 is 1.22 bits per heavy atom. The molecule has 1 saturated heterocycles. The Hall–Kier alpha value is -2.11. The molecule has 1 fully saturated rings. The summed E-state index contributed by atoms with van der Waals surface area (Å²) >= 11 is 0. The minimum absolute atomic E-state index is 0.0288. The smallest absolute Gasteiger partial charge is 0.242 e. The van der Waals surface area contributed by atoms with Crippen LogP contribution in [0.2, 0.25) is 0 Å². The molecule has 0 bridgehead atoms. The van der Waals surface area contributed by atoms with Gasteiger partial charge < -0.3 is 14.7 Å². The Morgan fingerprint density at radius 2 is 1.96 bits per heavy atom. The zero-order valence-electron chi connectivity index (χ0n) is 14.1. The van der Waals surface area contributed by atoms with E-state index in [1.807, 2.05) is 23.1 Å². The number of piperazine rings is 1. The molecule has 0 N–H and O–H groups in total. The standard InChI is InChI=1S/C17H26N4O2/c1-3-4-9-21(15(2)22)14-17(23)20-12-10-19(11-13-20)16-7-5-6-8-18-16/h5-8H,3-4,9-14H2,1-2H3. The van der Waals surface area contributed by atoms with Crippen LogP contribution >= 0.6 is 0 Å². The van der Waals surface area contributed by atoms with Crippen LogP contribution in [0.3, 0.4) is 0 Å². The lowest BCUT2D eigenvalue weighted by atomic mass is 10.2. The molecule has 6 nitrogen and oxygen atoms in total. The number of aromatic nitrogens is 1. The molecule has 23 heavy (non-hydrogen) atoms. The zero-order chi connectivity index (χ0) is 16.7. The highest BCUT2D eigenvalue weighted by molar-refractivity contribution is 5.84. The second kappa shape index (κ2) is 8.50. The van der Waals surface area contributed by atoms with Crippen LogP contribution in [-0.4, -0.2) is 65.9 Å². The Balaban J connectivity index is 1.84. The van der Waals surface area contributed by atoms with Crippen molar-refractivity contribution >= 4 is 17.6 Å². The molecule has 1 aliphatic rings. The number of hydrogen-bond donors (Lipinski definition) is 0. The average Bonchev–Trinajstić information content (AvgIpc) is 2.59. The van der Waals surface area contributed by atoms with Gasteiger partial charge in [0.15, 0.2) is 0 Å². The van der Waals surface area contributed by atoms with Crippen molar-refractivity contribution in [3.05, 3.63) is 24.4 Å². The number of anilines is 1. The fourth-order valence-corrected chi connectivity index (χ4v) is 2.69. The Morgan fingerprint density at radius 3 is 2.52 bits per heavy atom. The largest absolute Gasteiger partial charge is 0.353 e. The quantitative estimate of drug-likeness (QED) is 0.795. The van der Waals surface area contributed by atoms with Crippen molar-refractivity contribution in [1.82, 2.24) is 14.8 Å². The number of hydrogen-bond acceptors (Lipinski definition) is 4. The number of rotatable bonds is 6. The van der Waals surface area contributed by atoms with E-state index in [4.69, 9.17) is 0 Å². The van der Waals surface area contributed by atoms with Gasteiger partial charge in [-0.1, -0.05) is 19.4 Å². The Kier molecular flexibility index (Phi) is 6.38. The molecule has 0 aliphatic carbocycles. The van der Waals surface area contributed by atoms with Crippen LogP contribution in [0.1, 0.15) is 26.7 Å². The predicted molar refractivity (Wildman–Crippen MR) is 90.2 cm³/mol. The third kappa shape index (κ3) is 4.94. The molecular formula is C17H26N4O2. The summed E-state index contributed by atoms with van der Waals surface area (Å²) in [6.07, 6.45) is 3.73. The van der Waals surface area contributed by atoms with Crippen molar-refractivity contribution in [2.24, 2.45) is 0 Å². The van der Waals surface area contributed by atoms with Gasteiger partial charge in [-0.05, 0) is 18.6 Å². The van der Waals surface area contributed by atoms with E-state index in [1.165, 1.54) is 6.92 Å². The van der Waals surface area contributed by atoms with Crippen LogP contribution in [0, 0.1) is 0 Å². The van der Waals surface area contributed by atoms with Gasteiger partial charge in [-0.2, -0.15) is 0 Å². The van der Waals surface area contributed by atoms with Gasteiger partial charge in [0.25, 0.3) is 0 Å². The first-order valence-corrected chi connectivity index (χ1v) is 8.31. The first-order chi connectivity index (χ1) is 11.1. The molecular weight excluding hydrogens is 292 g/mol. The van der Waals surface area contributed by atoms with E-state index >= 15 is 0 Å². The average molecular weight is 318 g/mol. The Bertz CT molecular complexity index is 513. The SMILES string of the molecule is CCCCN(CC(=O)N1CCN(c2ccccn2)CC1)C(C)=O. The van der Waals surface area contributed by atoms with Crippen LogP contribution in [0.5, 0.6) is 0 Å². The minimum atomic E-state index is -0.0288. The van der Waals surface area contributed by atoms with E-state index in [0.717, 1.165) is 31.7 Å². The van der Waals surface area contributed by atoms with Crippen molar-refractivity contribution in [3.8, 4) is 0 Å². The lowest BCUT2D eigenvalue weighted by Gasteiger charge is -2.36. The highest BCUT2D eigenvalue weighted by atomic mass is 16.2. The van der Waals surface area contributed by atoms with Gasteiger partial charge in [-0.3, -0.25) is 9.59 Å². The van der Waals surface area contributed by atoms with Crippen LogP contribution in [0.15, 0.2) is 24.4 Å². The van der Waals surface area contributed by atoms with E-state index in [1.54, 1.807) is 11.1 Å². The van der Waals surface area contributed by atoms with Crippen LogP contribution < -0.4 is 4.90 Å². The summed E-state index contributed by atoms with van der Waals surface area (Å²) in [7, 11) is 0. The van der Waals surface area contributed by atoms with Gasteiger partial charge in [0.2, 0.25) is 11.8 Å². The molecule has 0 unspecified atom stereocenters. The molecule has 1 aromatic heterocycles. The summed E-state index contributed by atoms with van der Waals surface area (Å²) < 4.78 is 0. The molecule has 126 valence electrons. The van der Waals surface area contributed by atoms with E-state index in [-0.39, 0.29) is 18.4 Å². The minimum Gasteiger partial charge on any atom is -0.353 e. The molecule has 0 radical (unpaired) electrons. The molecule has 6 heteroatoms. The second-order valence-electron chi connectivity index (χ2n) is 5.85. The number of unbranched alkanes of at least 4 members (excludes halogenated alkanes) is 1. The number of carbonyl (C=O) groups excluding carboxylic acids is 2. The normalized spacial score (nSPS) is 14.7. The first kappa shape index (κ1) is 17.2. The third-order valence-corrected chi connectivity index (χ3v) is 4.16. The molecule has 2 amide bonds. The van der Waals surface area contributed by atoms with Gasteiger partial charge in [0.05, 0.1) is 6.54 Å². The van der Waals surface area contributed by atoms with Crippen LogP contribution in [-0.2, 0) is 9.59 Å². The van der Waals surface area contributed by atoms with E-state index in [0.29, 0.717) is 19.6 Å². The van der Waals surface area contributed by atoms with Gasteiger partial charge >= 0.3 is 0 Å². The summed E-state index contributed by atoms with van der Waals surface area (Å²) in [6, 6.07) is 5.86. The highest BCUT2D eigenvalue weighted by Gasteiger charge is 2.23. The van der Waals surface area contributed by atoms with Crippen molar-refractivity contribution in [2.45, 2.75) is 26.7 Å². The highest BCUT2D eigenvalue weighted by Crippen LogP contribution is 2.12. The number of amides is 2. The number of carbonyl (C=O) groups is 2. The monoisotopic (exact) mass is 318 g/mol. The maximum Gasteiger partial charge on any atom is 0.242 e. The molecule has 0 saturated carbocycles. The lowest BCUT2D eigenvalue weighted by Crippen LogP contribution is -2.52. The molecule has 1 aromatic rings. The fraction of sp³-hybridized carbons (Fsp3) is 0.588. The third-order valence-electron chi connectivity index (χ3n) is 4.16. The van der Waals surface area contributed by atoms with E-state index in [9.17, 15) is 9.59 Å². The Labute approximate surface area is 138 Å². The van der Waals surface area contributed by atoms with Gasteiger partial charge in [0.1, 0.15) is 5.82 Å². The summed E-state index contributed by atoms with van der Waals surface area (Å²) in [5, 5.41) is 0. The lowest BCUT2D eigenvalue weighted by molar-refractivity contribution is -0.139. The summed E-state index contributed by atoms with van der Waals surface area (Å²) in [5.74, 6) is 0.962. The van der Waals surface area contributed by atoms with Crippen molar-refractivity contribution in [1.29, 1.82) is 0 Å². The van der Waals surface area contributed by atoms with Gasteiger partial charge in [-0.15, -0.1) is 0 Å². The molecule has 1 aliphatic heterocycles. The summed E-state index contributed by atoms with van der Waals surface area (Å²) in [4.78, 5) is 34.1. The molecule has 0 aromatic carbocycles. The van der Waals surface area contributed by atoms with Gasteiger partial charge in [-0.25, -0.2) is 4.98 Å². The fourth-order valence-electron chi connectivity index (χ4n) is 2.69. The molecule has 2 heterocycles. The van der Waals surface area contributed by atoms with Gasteiger partial charge in [0, 0.05) is 45.8 Å².